The van der Waals surface area contributed by atoms with Gasteiger partial charge in [-0.2, -0.15) is 5.10 Å². The molecule has 23 heavy (non-hydrogen) atoms. The molecule has 0 aliphatic heterocycles. The van der Waals surface area contributed by atoms with Crippen LogP contribution in [0.4, 0.5) is 0 Å². The molecular formula is C15H10ClN3O4. The van der Waals surface area contributed by atoms with Crippen molar-refractivity contribution in [2.45, 2.75) is 0 Å². The van der Waals surface area contributed by atoms with Gasteiger partial charge in [0.1, 0.15) is 23.4 Å². The number of aromatic amines is 1. The third-order valence-corrected chi connectivity index (χ3v) is 3.06. The van der Waals surface area contributed by atoms with Gasteiger partial charge in [0, 0.05) is 11.1 Å². The van der Waals surface area contributed by atoms with E-state index in [1.807, 2.05) is 0 Å². The summed E-state index contributed by atoms with van der Waals surface area (Å²) in [5.41, 5.74) is 0.220. The van der Waals surface area contributed by atoms with Crippen LogP contribution < -0.4 is 4.74 Å². The smallest absolute Gasteiger partial charge is 0.301 e. The van der Waals surface area contributed by atoms with Crippen molar-refractivity contribution in [1.29, 1.82) is 0 Å². The van der Waals surface area contributed by atoms with Gasteiger partial charge in [-0.05, 0) is 24.3 Å². The van der Waals surface area contributed by atoms with Crippen molar-refractivity contribution in [2.24, 2.45) is 0 Å². The molecule has 2 aromatic heterocycles. The number of ketones is 1. The number of hydrogen-bond acceptors (Lipinski definition) is 6. The molecule has 0 spiro atoms. The highest BCUT2D eigenvalue weighted by atomic mass is 35.5. The van der Waals surface area contributed by atoms with Gasteiger partial charge < -0.3 is 14.3 Å². The molecule has 0 radical (unpaired) electrons. The van der Waals surface area contributed by atoms with Gasteiger partial charge in [-0.15, -0.1) is 0 Å². The number of aliphatic hydroxyl groups is 1. The van der Waals surface area contributed by atoms with Crippen molar-refractivity contribution >= 4 is 23.1 Å². The number of carbonyl (C=O) groups is 1. The largest absolute Gasteiger partial charge is 0.507 e. The Morgan fingerprint density at radius 2 is 2.26 bits per heavy atom. The third kappa shape index (κ3) is 3.41. The van der Waals surface area contributed by atoms with E-state index in [4.69, 9.17) is 20.8 Å². The zero-order valence-corrected chi connectivity index (χ0v) is 12.3. The van der Waals surface area contributed by atoms with E-state index in [2.05, 4.69) is 15.2 Å². The highest BCUT2D eigenvalue weighted by Gasteiger charge is 2.16. The van der Waals surface area contributed by atoms with Crippen LogP contribution in [0.15, 0.2) is 53.4 Å². The molecule has 0 saturated carbocycles. The summed E-state index contributed by atoms with van der Waals surface area (Å²) in [7, 11) is 0. The monoisotopic (exact) mass is 331 g/mol. The van der Waals surface area contributed by atoms with E-state index in [0.717, 1.165) is 6.08 Å². The van der Waals surface area contributed by atoms with Crippen LogP contribution in [0.2, 0.25) is 5.02 Å². The molecule has 3 rings (SSSR count). The first kappa shape index (κ1) is 14.9. The fraction of sp³-hybridized carbons (Fsp3) is 0. The molecule has 0 fully saturated rings. The summed E-state index contributed by atoms with van der Waals surface area (Å²) in [5, 5.41) is 16.6. The maximum absolute atomic E-state index is 11.9. The van der Waals surface area contributed by atoms with Crippen molar-refractivity contribution in [3.63, 3.8) is 0 Å². The highest BCUT2D eigenvalue weighted by Crippen LogP contribution is 2.31. The van der Waals surface area contributed by atoms with Gasteiger partial charge in [0.25, 0.3) is 0 Å². The summed E-state index contributed by atoms with van der Waals surface area (Å²) in [5.74, 6) is -0.376. The summed E-state index contributed by atoms with van der Waals surface area (Å²) in [4.78, 5) is 15.6. The number of furan rings is 1. The SMILES string of the molecule is O=C(C=C(O)c1ccoc1Oc1cccc(Cl)c1)c1ncn[nH]1. The van der Waals surface area contributed by atoms with Crippen molar-refractivity contribution in [1.82, 2.24) is 15.2 Å². The summed E-state index contributed by atoms with van der Waals surface area (Å²) < 4.78 is 10.7. The second kappa shape index (κ2) is 6.37. The quantitative estimate of drug-likeness (QED) is 0.420. The standard InChI is InChI=1S/C15H10ClN3O4/c16-9-2-1-3-10(6-9)23-15-11(4-5-22-15)12(20)7-13(21)14-17-8-18-19-14/h1-8,20H,(H,17,18,19). The number of aromatic nitrogens is 3. The first-order valence-corrected chi connectivity index (χ1v) is 6.83. The normalized spacial score (nSPS) is 11.4. The molecule has 3 aromatic rings. The molecule has 0 saturated heterocycles. The van der Waals surface area contributed by atoms with Gasteiger partial charge in [-0.3, -0.25) is 9.89 Å². The van der Waals surface area contributed by atoms with Crippen molar-refractivity contribution in [2.75, 3.05) is 0 Å². The van der Waals surface area contributed by atoms with Crippen LogP contribution in [-0.2, 0) is 0 Å². The molecular weight excluding hydrogens is 322 g/mol. The minimum atomic E-state index is -0.532. The van der Waals surface area contributed by atoms with E-state index in [0.29, 0.717) is 10.8 Å². The van der Waals surface area contributed by atoms with Crippen LogP contribution in [0, 0.1) is 0 Å². The van der Waals surface area contributed by atoms with Crippen LogP contribution in [-0.4, -0.2) is 26.1 Å². The Labute approximate surface area is 135 Å². The lowest BCUT2D eigenvalue weighted by molar-refractivity contribution is 0.103. The molecule has 116 valence electrons. The molecule has 0 bridgehead atoms. The second-order valence-corrected chi connectivity index (χ2v) is 4.85. The summed E-state index contributed by atoms with van der Waals surface area (Å²) >= 11 is 5.88. The molecule has 1 aromatic carbocycles. The average Bonchev–Trinajstić information content (AvgIpc) is 3.18. The minimum absolute atomic E-state index is 0.0114. The van der Waals surface area contributed by atoms with Crippen LogP contribution in [0.5, 0.6) is 11.7 Å². The Balaban J connectivity index is 1.84. The van der Waals surface area contributed by atoms with Crippen LogP contribution >= 0.6 is 11.6 Å². The van der Waals surface area contributed by atoms with Crippen LogP contribution in [0.3, 0.4) is 0 Å². The predicted molar refractivity (Wildman–Crippen MR) is 81.6 cm³/mol. The zero-order valence-electron chi connectivity index (χ0n) is 11.6. The molecule has 2 N–H and O–H groups in total. The number of aliphatic hydroxyl groups excluding tert-OH is 1. The number of carbonyl (C=O) groups excluding carboxylic acids is 1. The number of H-pyrrole nitrogens is 1. The average molecular weight is 332 g/mol. The lowest BCUT2D eigenvalue weighted by Crippen LogP contribution is -1.99. The van der Waals surface area contributed by atoms with Gasteiger partial charge in [0.15, 0.2) is 5.82 Å². The van der Waals surface area contributed by atoms with E-state index in [-0.39, 0.29) is 23.1 Å². The van der Waals surface area contributed by atoms with E-state index >= 15 is 0 Å². The van der Waals surface area contributed by atoms with Gasteiger partial charge >= 0.3 is 5.95 Å². The molecule has 8 heteroatoms. The Hall–Kier alpha value is -3.06. The number of hydrogen-bond donors (Lipinski definition) is 2. The number of nitrogens with one attached hydrogen (secondary N) is 1. The first-order valence-electron chi connectivity index (χ1n) is 6.45. The Morgan fingerprint density at radius 3 is 3.00 bits per heavy atom. The van der Waals surface area contributed by atoms with Crippen molar-refractivity contribution < 1.29 is 19.1 Å². The zero-order chi connectivity index (χ0) is 16.2. The predicted octanol–water partition coefficient (Wildman–Crippen LogP) is 3.63. The van der Waals surface area contributed by atoms with Crippen molar-refractivity contribution in [3.8, 4) is 11.7 Å². The minimum Gasteiger partial charge on any atom is -0.507 e. The first-order chi connectivity index (χ1) is 11.1. The van der Waals surface area contributed by atoms with Gasteiger partial charge in [-0.1, -0.05) is 17.7 Å². The van der Waals surface area contributed by atoms with Crippen molar-refractivity contribution in [3.05, 3.63) is 65.4 Å². The van der Waals surface area contributed by atoms with Crippen LogP contribution in [0.25, 0.3) is 5.76 Å². The molecule has 0 amide bonds. The number of allylic oxidation sites excluding steroid dienone is 1. The topological polar surface area (TPSA) is 101 Å². The van der Waals surface area contributed by atoms with Gasteiger partial charge in [0.05, 0.1) is 6.26 Å². The maximum Gasteiger partial charge on any atom is 0.301 e. The number of halogens is 1. The Kier molecular flexibility index (Phi) is 4.11. The fourth-order valence-electron chi connectivity index (χ4n) is 1.80. The third-order valence-electron chi connectivity index (χ3n) is 2.83. The van der Waals surface area contributed by atoms with E-state index in [1.54, 1.807) is 24.3 Å². The van der Waals surface area contributed by atoms with Gasteiger partial charge in [0.2, 0.25) is 5.78 Å². The fourth-order valence-corrected chi connectivity index (χ4v) is 1.98. The Bertz CT molecular complexity index is 855. The van der Waals surface area contributed by atoms with E-state index in [1.165, 1.54) is 18.7 Å². The number of ether oxygens (including phenoxy) is 1. The van der Waals surface area contributed by atoms with Crippen LogP contribution in [0.1, 0.15) is 16.2 Å². The molecule has 0 atom stereocenters. The highest BCUT2D eigenvalue weighted by molar-refractivity contribution is 6.30. The number of rotatable bonds is 5. The lowest BCUT2D eigenvalue weighted by atomic mass is 10.2. The Morgan fingerprint density at radius 1 is 1.39 bits per heavy atom. The van der Waals surface area contributed by atoms with E-state index in [9.17, 15) is 9.90 Å². The molecule has 7 nitrogen and oxygen atoms in total. The molecule has 0 unspecified atom stereocenters. The molecule has 2 heterocycles. The molecule has 0 aliphatic carbocycles. The lowest BCUT2D eigenvalue weighted by Gasteiger charge is -2.05. The summed E-state index contributed by atoms with van der Waals surface area (Å²) in [6.07, 6.45) is 3.53. The summed E-state index contributed by atoms with van der Waals surface area (Å²) in [6.45, 7) is 0. The molecule has 0 aliphatic rings. The maximum atomic E-state index is 11.9. The van der Waals surface area contributed by atoms with Gasteiger partial charge in [-0.25, -0.2) is 4.98 Å². The summed E-state index contributed by atoms with van der Waals surface area (Å²) in [6, 6.07) is 8.15. The van der Waals surface area contributed by atoms with E-state index < -0.39 is 5.78 Å². The second-order valence-electron chi connectivity index (χ2n) is 4.41. The number of benzene rings is 1. The number of nitrogens with zero attached hydrogens (tertiary/aromatic N) is 2.